The van der Waals surface area contributed by atoms with Crippen LogP contribution < -0.4 is 10.1 Å². The van der Waals surface area contributed by atoms with Gasteiger partial charge in [-0.05, 0) is 30.7 Å². The lowest BCUT2D eigenvalue weighted by atomic mass is 10.2. The Bertz CT molecular complexity index is 529. The molecule has 1 amide bonds. The Labute approximate surface area is 118 Å². The van der Waals surface area contributed by atoms with Crippen molar-refractivity contribution < 1.29 is 9.53 Å². The first-order chi connectivity index (χ1) is 9.79. The van der Waals surface area contributed by atoms with Gasteiger partial charge in [0.2, 0.25) is 0 Å². The van der Waals surface area contributed by atoms with E-state index in [0.29, 0.717) is 18.7 Å². The number of nitrogens with one attached hydrogen (secondary N) is 1. The molecule has 0 saturated carbocycles. The lowest BCUT2D eigenvalue weighted by Crippen LogP contribution is -2.37. The van der Waals surface area contributed by atoms with E-state index >= 15 is 0 Å². The molecule has 0 radical (unpaired) electrons. The van der Waals surface area contributed by atoms with Crippen LogP contribution in [-0.4, -0.2) is 17.0 Å². The molecule has 104 valence electrons. The van der Waals surface area contributed by atoms with Gasteiger partial charge in [0, 0.05) is 6.20 Å². The number of benzene rings is 1. The van der Waals surface area contributed by atoms with Crippen LogP contribution >= 0.6 is 0 Å². The van der Waals surface area contributed by atoms with Gasteiger partial charge in [-0.3, -0.25) is 9.78 Å². The van der Waals surface area contributed by atoms with Gasteiger partial charge in [-0.15, -0.1) is 0 Å². The zero-order chi connectivity index (χ0) is 14.2. The third-order valence-electron chi connectivity index (χ3n) is 2.85. The molecule has 1 aromatic carbocycles. The maximum atomic E-state index is 12.1. The molecule has 1 N–H and O–H groups in total. The fourth-order valence-electron chi connectivity index (χ4n) is 1.78. The Morgan fingerprint density at radius 2 is 1.95 bits per heavy atom. The molecular weight excluding hydrogens is 252 g/mol. The van der Waals surface area contributed by atoms with E-state index in [1.165, 1.54) is 0 Å². The van der Waals surface area contributed by atoms with E-state index < -0.39 is 6.10 Å². The molecule has 0 spiro atoms. The molecule has 0 saturated heterocycles. The summed E-state index contributed by atoms with van der Waals surface area (Å²) >= 11 is 0. The first kappa shape index (κ1) is 14.1. The van der Waals surface area contributed by atoms with Crippen LogP contribution in [0.3, 0.4) is 0 Å². The van der Waals surface area contributed by atoms with E-state index in [1.54, 1.807) is 6.20 Å². The largest absolute Gasteiger partial charge is 0.481 e. The summed E-state index contributed by atoms with van der Waals surface area (Å²) in [4.78, 5) is 16.3. The number of amides is 1. The van der Waals surface area contributed by atoms with Gasteiger partial charge in [0.05, 0.1) is 12.2 Å². The van der Waals surface area contributed by atoms with Crippen LogP contribution in [0, 0.1) is 0 Å². The first-order valence-electron chi connectivity index (χ1n) is 6.69. The van der Waals surface area contributed by atoms with E-state index in [2.05, 4.69) is 10.3 Å². The summed E-state index contributed by atoms with van der Waals surface area (Å²) in [5.74, 6) is 0.578. The molecule has 1 heterocycles. The van der Waals surface area contributed by atoms with Gasteiger partial charge in [0.25, 0.3) is 5.91 Å². The number of para-hydroxylation sites is 1. The van der Waals surface area contributed by atoms with Crippen molar-refractivity contribution >= 4 is 5.91 Å². The second-order valence-electron chi connectivity index (χ2n) is 4.37. The number of ether oxygens (including phenoxy) is 1. The van der Waals surface area contributed by atoms with Crippen molar-refractivity contribution in [3.63, 3.8) is 0 Å². The summed E-state index contributed by atoms with van der Waals surface area (Å²) in [7, 11) is 0. The summed E-state index contributed by atoms with van der Waals surface area (Å²) in [6, 6.07) is 15.0. The van der Waals surface area contributed by atoms with E-state index in [9.17, 15) is 4.79 Å². The van der Waals surface area contributed by atoms with Gasteiger partial charge in [-0.25, -0.2) is 0 Å². The van der Waals surface area contributed by atoms with Crippen LogP contribution in [0.1, 0.15) is 19.0 Å². The molecule has 1 aromatic heterocycles. The van der Waals surface area contributed by atoms with Crippen molar-refractivity contribution in [1.82, 2.24) is 10.3 Å². The molecule has 0 bridgehead atoms. The Kier molecular flexibility index (Phi) is 5.12. The predicted molar refractivity (Wildman–Crippen MR) is 77.2 cm³/mol. The van der Waals surface area contributed by atoms with Crippen LogP contribution in [0.2, 0.25) is 0 Å². The zero-order valence-corrected chi connectivity index (χ0v) is 11.5. The van der Waals surface area contributed by atoms with Crippen molar-refractivity contribution in [3.8, 4) is 5.75 Å². The van der Waals surface area contributed by atoms with Gasteiger partial charge in [-0.1, -0.05) is 31.2 Å². The quantitative estimate of drug-likeness (QED) is 0.877. The summed E-state index contributed by atoms with van der Waals surface area (Å²) in [5.41, 5.74) is 0.829. The van der Waals surface area contributed by atoms with Crippen molar-refractivity contribution in [2.45, 2.75) is 26.0 Å². The van der Waals surface area contributed by atoms with Gasteiger partial charge in [0.15, 0.2) is 6.10 Å². The zero-order valence-electron chi connectivity index (χ0n) is 11.5. The monoisotopic (exact) mass is 270 g/mol. The smallest absolute Gasteiger partial charge is 0.261 e. The Morgan fingerprint density at radius 1 is 1.20 bits per heavy atom. The topological polar surface area (TPSA) is 51.2 Å². The number of aromatic nitrogens is 1. The second-order valence-corrected chi connectivity index (χ2v) is 4.37. The predicted octanol–water partition coefficient (Wildman–Crippen LogP) is 2.56. The highest BCUT2D eigenvalue weighted by molar-refractivity contribution is 5.81. The highest BCUT2D eigenvalue weighted by Gasteiger charge is 2.17. The normalized spacial score (nSPS) is 11.7. The minimum atomic E-state index is -0.485. The first-order valence-corrected chi connectivity index (χ1v) is 6.69. The van der Waals surface area contributed by atoms with Crippen LogP contribution in [-0.2, 0) is 11.3 Å². The summed E-state index contributed by atoms with van der Waals surface area (Å²) in [5, 5.41) is 2.84. The van der Waals surface area contributed by atoms with Crippen LogP contribution in [0.5, 0.6) is 5.75 Å². The minimum absolute atomic E-state index is 0.123. The maximum absolute atomic E-state index is 12.1. The molecule has 0 aliphatic rings. The second kappa shape index (κ2) is 7.28. The third-order valence-corrected chi connectivity index (χ3v) is 2.85. The molecule has 0 aliphatic heterocycles. The SMILES string of the molecule is CCC(Oc1ccccc1)C(=O)NCc1ccccn1. The number of carbonyl (C=O) groups is 1. The fourth-order valence-corrected chi connectivity index (χ4v) is 1.78. The molecule has 20 heavy (non-hydrogen) atoms. The molecule has 2 aromatic rings. The Balaban J connectivity index is 1.89. The van der Waals surface area contributed by atoms with Gasteiger partial charge < -0.3 is 10.1 Å². The molecule has 0 fully saturated rings. The number of hydrogen-bond acceptors (Lipinski definition) is 3. The van der Waals surface area contributed by atoms with E-state index in [0.717, 1.165) is 5.69 Å². The maximum Gasteiger partial charge on any atom is 0.261 e. The van der Waals surface area contributed by atoms with Gasteiger partial charge in [0.1, 0.15) is 5.75 Å². The number of pyridine rings is 1. The number of carbonyl (C=O) groups excluding carboxylic acids is 1. The van der Waals surface area contributed by atoms with E-state index in [-0.39, 0.29) is 5.91 Å². The Hall–Kier alpha value is -2.36. The molecule has 1 atom stereocenters. The third kappa shape index (κ3) is 4.09. The summed E-state index contributed by atoms with van der Waals surface area (Å²) in [6.07, 6.45) is 1.84. The van der Waals surface area contributed by atoms with Crippen LogP contribution in [0.25, 0.3) is 0 Å². The van der Waals surface area contributed by atoms with Crippen LogP contribution in [0.15, 0.2) is 54.7 Å². The molecule has 2 rings (SSSR count). The van der Waals surface area contributed by atoms with Crippen molar-refractivity contribution in [2.75, 3.05) is 0 Å². The standard InChI is InChI=1S/C16H18N2O2/c1-2-15(20-14-9-4-3-5-10-14)16(19)18-12-13-8-6-7-11-17-13/h3-11,15H,2,12H2,1H3,(H,18,19). The molecule has 4 nitrogen and oxygen atoms in total. The molecule has 1 unspecified atom stereocenters. The van der Waals surface area contributed by atoms with Crippen molar-refractivity contribution in [3.05, 3.63) is 60.4 Å². The molecular formula is C16H18N2O2. The van der Waals surface area contributed by atoms with E-state index in [4.69, 9.17) is 4.74 Å². The highest BCUT2D eigenvalue weighted by Crippen LogP contribution is 2.12. The number of hydrogen-bond donors (Lipinski definition) is 1. The lowest BCUT2D eigenvalue weighted by Gasteiger charge is -2.17. The average Bonchev–Trinajstić information content (AvgIpc) is 2.52. The van der Waals surface area contributed by atoms with Crippen LogP contribution in [0.4, 0.5) is 0 Å². The fraction of sp³-hybridized carbons (Fsp3) is 0.250. The lowest BCUT2D eigenvalue weighted by molar-refractivity contribution is -0.128. The Morgan fingerprint density at radius 3 is 2.60 bits per heavy atom. The minimum Gasteiger partial charge on any atom is -0.481 e. The van der Waals surface area contributed by atoms with Gasteiger partial charge in [-0.2, -0.15) is 0 Å². The number of nitrogens with zero attached hydrogens (tertiary/aromatic N) is 1. The summed E-state index contributed by atoms with van der Waals surface area (Å²) < 4.78 is 5.68. The van der Waals surface area contributed by atoms with Crippen molar-refractivity contribution in [1.29, 1.82) is 0 Å². The van der Waals surface area contributed by atoms with Gasteiger partial charge >= 0.3 is 0 Å². The number of rotatable bonds is 6. The van der Waals surface area contributed by atoms with Crippen molar-refractivity contribution in [2.24, 2.45) is 0 Å². The molecule has 0 aliphatic carbocycles. The molecule has 4 heteroatoms. The van der Waals surface area contributed by atoms with E-state index in [1.807, 2.05) is 55.5 Å². The highest BCUT2D eigenvalue weighted by atomic mass is 16.5. The summed E-state index contributed by atoms with van der Waals surface area (Å²) in [6.45, 7) is 2.34. The average molecular weight is 270 g/mol.